The largest absolute Gasteiger partial charge is 0.495 e. The molecule has 0 radical (unpaired) electrons. The zero-order valence-electron chi connectivity index (χ0n) is 13.3. The Morgan fingerprint density at radius 1 is 1.33 bits per heavy atom. The van der Waals surface area contributed by atoms with E-state index in [1.807, 2.05) is 0 Å². The predicted molar refractivity (Wildman–Crippen MR) is 84.6 cm³/mol. The van der Waals surface area contributed by atoms with Crippen LogP contribution in [0.5, 0.6) is 5.75 Å². The summed E-state index contributed by atoms with van der Waals surface area (Å²) in [5.74, 6) is 2.51. The van der Waals surface area contributed by atoms with E-state index in [0.29, 0.717) is 17.0 Å². The van der Waals surface area contributed by atoms with Gasteiger partial charge in [0, 0.05) is 19.2 Å². The summed E-state index contributed by atoms with van der Waals surface area (Å²) < 4.78 is 68.0. The molecule has 1 aromatic rings. The Bertz CT molecular complexity index is 696. The molecule has 24 heavy (non-hydrogen) atoms. The van der Waals surface area contributed by atoms with Crippen molar-refractivity contribution in [3.8, 4) is 18.1 Å². The summed E-state index contributed by atoms with van der Waals surface area (Å²) in [5, 5.41) is 0. The van der Waals surface area contributed by atoms with Crippen LogP contribution < -0.4 is 9.64 Å². The van der Waals surface area contributed by atoms with Gasteiger partial charge in [0.25, 0.3) is 10.1 Å². The van der Waals surface area contributed by atoms with Crippen molar-refractivity contribution in [1.29, 1.82) is 0 Å². The molecule has 0 aliphatic rings. The van der Waals surface area contributed by atoms with Crippen LogP contribution in [0.3, 0.4) is 0 Å². The lowest BCUT2D eigenvalue weighted by molar-refractivity contribution is -0.152. The molecule has 1 aromatic carbocycles. The molecule has 0 heterocycles. The van der Waals surface area contributed by atoms with Crippen molar-refractivity contribution in [3.63, 3.8) is 0 Å². The average Bonchev–Trinajstić information content (AvgIpc) is 2.51. The summed E-state index contributed by atoms with van der Waals surface area (Å²) in [6.07, 6.45) is 0.735. The third-order valence-electron chi connectivity index (χ3n) is 3.05. The van der Waals surface area contributed by atoms with Crippen molar-refractivity contribution >= 4 is 15.8 Å². The maximum atomic E-state index is 12.0. The third kappa shape index (κ3) is 6.68. The molecule has 0 saturated carbocycles. The number of alkyl halides is 3. The van der Waals surface area contributed by atoms with Gasteiger partial charge in [-0.05, 0) is 24.6 Å². The van der Waals surface area contributed by atoms with Crippen LogP contribution in [0.2, 0.25) is 0 Å². The Labute approximate surface area is 139 Å². The molecule has 0 unspecified atom stereocenters. The number of methoxy groups -OCH3 is 1. The quantitative estimate of drug-likeness (QED) is 0.523. The SMILES string of the molecule is C#Cc1ccc(OC)c(N(C)CCCS(=O)(=O)OCC(F)(F)F)c1. The normalized spacial score (nSPS) is 11.8. The minimum Gasteiger partial charge on any atom is -0.495 e. The zero-order chi connectivity index (χ0) is 18.4. The fourth-order valence-electron chi connectivity index (χ4n) is 1.89. The van der Waals surface area contributed by atoms with Gasteiger partial charge in [-0.15, -0.1) is 6.42 Å². The van der Waals surface area contributed by atoms with Gasteiger partial charge in [0.1, 0.15) is 5.75 Å². The van der Waals surface area contributed by atoms with Crippen LogP contribution in [0.1, 0.15) is 12.0 Å². The monoisotopic (exact) mass is 365 g/mol. The Morgan fingerprint density at radius 2 is 2.00 bits per heavy atom. The van der Waals surface area contributed by atoms with Crippen molar-refractivity contribution in [3.05, 3.63) is 23.8 Å². The smallest absolute Gasteiger partial charge is 0.413 e. The summed E-state index contributed by atoms with van der Waals surface area (Å²) in [5.41, 5.74) is 1.28. The number of hydrogen-bond donors (Lipinski definition) is 0. The van der Waals surface area contributed by atoms with Gasteiger partial charge in [0.05, 0.1) is 18.6 Å². The molecule has 0 fully saturated rings. The van der Waals surface area contributed by atoms with Crippen molar-refractivity contribution in [2.45, 2.75) is 12.6 Å². The van der Waals surface area contributed by atoms with Gasteiger partial charge >= 0.3 is 6.18 Å². The van der Waals surface area contributed by atoms with Gasteiger partial charge in [0.2, 0.25) is 0 Å². The minimum absolute atomic E-state index is 0.0835. The summed E-state index contributed by atoms with van der Waals surface area (Å²) >= 11 is 0. The van der Waals surface area contributed by atoms with Crippen LogP contribution in [0.15, 0.2) is 18.2 Å². The lowest BCUT2D eigenvalue weighted by Gasteiger charge is -2.22. The van der Waals surface area contributed by atoms with Gasteiger partial charge in [-0.1, -0.05) is 5.92 Å². The highest BCUT2D eigenvalue weighted by molar-refractivity contribution is 7.86. The molecule has 0 amide bonds. The maximum absolute atomic E-state index is 12.0. The molecule has 0 spiro atoms. The molecule has 0 aromatic heterocycles. The Morgan fingerprint density at radius 3 is 2.54 bits per heavy atom. The van der Waals surface area contributed by atoms with Gasteiger partial charge in [-0.2, -0.15) is 21.6 Å². The molecule has 0 saturated heterocycles. The predicted octanol–water partition coefficient (Wildman–Crippen LogP) is 2.41. The number of hydrogen-bond acceptors (Lipinski definition) is 5. The second kappa shape index (κ2) is 8.26. The van der Waals surface area contributed by atoms with Crippen molar-refractivity contribution in [1.82, 2.24) is 0 Å². The molecule has 5 nitrogen and oxygen atoms in total. The van der Waals surface area contributed by atoms with E-state index in [0.717, 1.165) is 0 Å². The molecule has 134 valence electrons. The second-order valence-electron chi connectivity index (χ2n) is 4.95. The fourth-order valence-corrected chi connectivity index (χ4v) is 2.81. The number of anilines is 1. The lowest BCUT2D eigenvalue weighted by atomic mass is 10.2. The molecular weight excluding hydrogens is 347 g/mol. The molecule has 0 N–H and O–H groups in total. The van der Waals surface area contributed by atoms with Crippen LogP contribution in [-0.4, -0.2) is 47.7 Å². The lowest BCUT2D eigenvalue weighted by Crippen LogP contribution is -2.25. The molecule has 0 bridgehead atoms. The first kappa shape index (κ1) is 20.1. The fraction of sp³-hybridized carbons (Fsp3) is 0.467. The molecular formula is C15H18F3NO4S. The van der Waals surface area contributed by atoms with Crippen LogP contribution in [-0.2, 0) is 14.3 Å². The first-order valence-electron chi connectivity index (χ1n) is 6.87. The Kier molecular flexibility index (Phi) is 6.93. The van der Waals surface area contributed by atoms with Crippen molar-refractivity contribution < 1.29 is 30.5 Å². The van der Waals surface area contributed by atoms with Gasteiger partial charge in [-0.3, -0.25) is 4.18 Å². The maximum Gasteiger partial charge on any atom is 0.413 e. The number of ether oxygens (including phenoxy) is 1. The number of rotatable bonds is 8. The van der Waals surface area contributed by atoms with E-state index in [1.165, 1.54) is 7.11 Å². The van der Waals surface area contributed by atoms with E-state index in [9.17, 15) is 21.6 Å². The average molecular weight is 365 g/mol. The van der Waals surface area contributed by atoms with Crippen molar-refractivity contribution in [2.24, 2.45) is 0 Å². The van der Waals surface area contributed by atoms with Crippen LogP contribution in [0.25, 0.3) is 0 Å². The topological polar surface area (TPSA) is 55.8 Å². The van der Waals surface area contributed by atoms with E-state index >= 15 is 0 Å². The van der Waals surface area contributed by atoms with E-state index in [1.54, 1.807) is 30.1 Å². The summed E-state index contributed by atoms with van der Waals surface area (Å²) in [6.45, 7) is -1.55. The highest BCUT2D eigenvalue weighted by Crippen LogP contribution is 2.28. The minimum atomic E-state index is -4.69. The van der Waals surface area contributed by atoms with E-state index in [-0.39, 0.29) is 13.0 Å². The second-order valence-corrected chi connectivity index (χ2v) is 6.70. The summed E-state index contributed by atoms with van der Waals surface area (Å²) in [6, 6.07) is 5.09. The Hall–Kier alpha value is -1.92. The van der Waals surface area contributed by atoms with Gasteiger partial charge in [0.15, 0.2) is 6.61 Å². The number of halogens is 3. The standard InChI is InChI=1S/C15H18F3NO4S/c1-4-12-6-7-14(22-3)13(10-12)19(2)8-5-9-24(20,21)23-11-15(16,17)18/h1,6-7,10H,5,8-9,11H2,2-3H3. The van der Waals surface area contributed by atoms with Crippen LogP contribution in [0.4, 0.5) is 18.9 Å². The van der Waals surface area contributed by atoms with Crippen LogP contribution in [0, 0.1) is 12.3 Å². The number of terminal acetylenes is 1. The summed E-state index contributed by atoms with van der Waals surface area (Å²) in [4.78, 5) is 1.71. The number of nitrogens with zero attached hydrogens (tertiary/aromatic N) is 1. The highest BCUT2D eigenvalue weighted by atomic mass is 32.2. The van der Waals surface area contributed by atoms with E-state index in [4.69, 9.17) is 11.2 Å². The molecule has 0 aliphatic carbocycles. The van der Waals surface area contributed by atoms with Crippen molar-refractivity contribution in [2.75, 3.05) is 38.0 Å². The van der Waals surface area contributed by atoms with Crippen LogP contribution >= 0.6 is 0 Å². The number of benzene rings is 1. The first-order valence-corrected chi connectivity index (χ1v) is 8.45. The zero-order valence-corrected chi connectivity index (χ0v) is 14.1. The molecule has 9 heteroatoms. The first-order chi connectivity index (χ1) is 11.1. The Balaban J connectivity index is 2.64. The highest BCUT2D eigenvalue weighted by Gasteiger charge is 2.30. The van der Waals surface area contributed by atoms with E-state index in [2.05, 4.69) is 10.1 Å². The third-order valence-corrected chi connectivity index (χ3v) is 4.31. The molecule has 0 atom stereocenters. The van der Waals surface area contributed by atoms with Gasteiger partial charge in [-0.25, -0.2) is 0 Å². The molecule has 0 aliphatic heterocycles. The van der Waals surface area contributed by atoms with Gasteiger partial charge < -0.3 is 9.64 Å². The summed E-state index contributed by atoms with van der Waals surface area (Å²) in [7, 11) is -1.05. The van der Waals surface area contributed by atoms with E-state index < -0.39 is 28.7 Å². The molecule has 1 rings (SSSR count).